The second-order valence-corrected chi connectivity index (χ2v) is 7.61. The average Bonchev–Trinajstić information content (AvgIpc) is 2.40. The van der Waals surface area contributed by atoms with E-state index in [1.54, 1.807) is 25.1 Å². The number of sulfonamides is 1. The van der Waals surface area contributed by atoms with Crippen molar-refractivity contribution >= 4 is 60.5 Å². The molecular weight excluding hydrogens is 399 g/mol. The lowest BCUT2D eigenvalue weighted by Gasteiger charge is -2.12. The molecule has 0 unspecified atom stereocenters. The minimum Gasteiger partial charge on any atom is -0.397 e. The van der Waals surface area contributed by atoms with Crippen LogP contribution in [-0.4, -0.2) is 8.42 Å². The van der Waals surface area contributed by atoms with Crippen LogP contribution in [0.15, 0.2) is 39.7 Å². The lowest BCUT2D eigenvalue weighted by molar-refractivity contribution is 0.601. The normalized spacial score (nSPS) is 11.4. The molecule has 0 aliphatic rings. The highest BCUT2D eigenvalue weighted by Gasteiger charge is 2.18. The van der Waals surface area contributed by atoms with Crippen LogP contribution in [-0.2, 0) is 10.0 Å². The van der Waals surface area contributed by atoms with Crippen molar-refractivity contribution in [2.45, 2.75) is 11.8 Å². The minimum atomic E-state index is -3.79. The summed E-state index contributed by atoms with van der Waals surface area (Å²) in [6, 6.07) is 7.66. The van der Waals surface area contributed by atoms with E-state index in [9.17, 15) is 8.42 Å². The average molecular weight is 410 g/mol. The number of nitrogens with two attached hydrogens (primary N) is 1. The molecule has 112 valence electrons. The zero-order valence-corrected chi connectivity index (χ0v) is 14.7. The van der Waals surface area contributed by atoms with Crippen molar-refractivity contribution in [3.8, 4) is 0 Å². The molecule has 3 N–H and O–H groups in total. The predicted octanol–water partition coefficient (Wildman–Crippen LogP) is 4.45. The summed E-state index contributed by atoms with van der Waals surface area (Å²) in [4.78, 5) is 0.0359. The third-order valence-corrected chi connectivity index (χ3v) is 6.02. The first kappa shape index (κ1) is 16.4. The van der Waals surface area contributed by atoms with Crippen molar-refractivity contribution in [1.82, 2.24) is 0 Å². The molecule has 0 amide bonds. The Hall–Kier alpha value is -0.950. The molecule has 4 nitrogen and oxygen atoms in total. The maximum Gasteiger partial charge on any atom is 0.262 e. The number of rotatable bonds is 3. The van der Waals surface area contributed by atoms with Crippen LogP contribution in [0.1, 0.15) is 5.56 Å². The van der Waals surface area contributed by atoms with Gasteiger partial charge in [0.2, 0.25) is 0 Å². The van der Waals surface area contributed by atoms with Gasteiger partial charge in [0.25, 0.3) is 10.0 Å². The van der Waals surface area contributed by atoms with Crippen LogP contribution in [0.25, 0.3) is 0 Å². The summed E-state index contributed by atoms with van der Waals surface area (Å²) in [6.07, 6.45) is 0. The number of anilines is 2. The van der Waals surface area contributed by atoms with Gasteiger partial charge in [-0.15, -0.1) is 0 Å². The van der Waals surface area contributed by atoms with Gasteiger partial charge in [0.1, 0.15) is 0 Å². The summed E-state index contributed by atoms with van der Waals surface area (Å²) in [5.41, 5.74) is 6.85. The van der Waals surface area contributed by atoms with Gasteiger partial charge in [0.15, 0.2) is 0 Å². The Balaban J connectivity index is 2.46. The molecule has 0 aliphatic heterocycles. The molecule has 0 fully saturated rings. The zero-order valence-electron chi connectivity index (χ0n) is 10.8. The van der Waals surface area contributed by atoms with Crippen molar-refractivity contribution < 1.29 is 8.42 Å². The number of hydrogen-bond acceptors (Lipinski definition) is 3. The highest BCUT2D eigenvalue weighted by molar-refractivity contribution is 9.10. The van der Waals surface area contributed by atoms with E-state index in [2.05, 4.69) is 20.7 Å². The molecule has 0 saturated heterocycles. The molecule has 0 radical (unpaired) electrons. The Bertz CT molecular complexity index is 787. The summed E-state index contributed by atoms with van der Waals surface area (Å²) < 4.78 is 27.7. The van der Waals surface area contributed by atoms with Gasteiger partial charge < -0.3 is 5.73 Å². The zero-order chi connectivity index (χ0) is 15.8. The highest BCUT2D eigenvalue weighted by atomic mass is 79.9. The summed E-state index contributed by atoms with van der Waals surface area (Å²) in [6.45, 7) is 1.69. The molecule has 2 rings (SSSR count). The number of benzene rings is 2. The molecule has 2 aromatic carbocycles. The fourth-order valence-electron chi connectivity index (χ4n) is 1.70. The SMILES string of the molecule is Cc1cc(S(=O)(=O)Nc2cccc(Cl)c2Br)cc(N)c1Cl. The van der Waals surface area contributed by atoms with Gasteiger partial charge in [-0.1, -0.05) is 29.3 Å². The Labute approximate surface area is 141 Å². The van der Waals surface area contributed by atoms with Crippen LogP contribution in [0.5, 0.6) is 0 Å². The summed E-state index contributed by atoms with van der Waals surface area (Å²) in [5, 5.41) is 0.750. The number of nitrogen functional groups attached to an aromatic ring is 1. The first-order valence-corrected chi connectivity index (χ1v) is 8.78. The van der Waals surface area contributed by atoms with Crippen LogP contribution in [0, 0.1) is 6.92 Å². The number of halogens is 3. The van der Waals surface area contributed by atoms with Gasteiger partial charge in [-0.3, -0.25) is 4.72 Å². The Morgan fingerprint density at radius 3 is 2.52 bits per heavy atom. The number of hydrogen-bond donors (Lipinski definition) is 2. The molecule has 0 saturated carbocycles. The lowest BCUT2D eigenvalue weighted by atomic mass is 10.2. The van der Waals surface area contributed by atoms with E-state index in [4.69, 9.17) is 28.9 Å². The van der Waals surface area contributed by atoms with Crippen LogP contribution in [0.2, 0.25) is 10.0 Å². The Morgan fingerprint density at radius 2 is 1.90 bits per heavy atom. The molecule has 0 heterocycles. The van der Waals surface area contributed by atoms with Crippen LogP contribution < -0.4 is 10.5 Å². The molecular formula is C13H11BrCl2N2O2S. The molecule has 21 heavy (non-hydrogen) atoms. The second-order valence-electron chi connectivity index (χ2n) is 4.35. The van der Waals surface area contributed by atoms with Crippen molar-refractivity contribution in [3.05, 3.63) is 50.4 Å². The molecule has 8 heteroatoms. The van der Waals surface area contributed by atoms with E-state index >= 15 is 0 Å². The van der Waals surface area contributed by atoms with E-state index in [1.807, 2.05) is 0 Å². The summed E-state index contributed by atoms with van der Waals surface area (Å²) in [5.74, 6) is 0. The Kier molecular flexibility index (Phi) is 4.72. The number of aryl methyl sites for hydroxylation is 1. The van der Waals surface area contributed by atoms with E-state index in [-0.39, 0.29) is 10.6 Å². The topological polar surface area (TPSA) is 72.2 Å². The smallest absolute Gasteiger partial charge is 0.262 e. The highest BCUT2D eigenvalue weighted by Crippen LogP contribution is 2.33. The predicted molar refractivity (Wildman–Crippen MR) is 90.6 cm³/mol. The molecule has 2 aromatic rings. The molecule has 0 aliphatic carbocycles. The third kappa shape index (κ3) is 3.45. The molecule has 0 bridgehead atoms. The van der Waals surface area contributed by atoms with Crippen molar-refractivity contribution in [2.24, 2.45) is 0 Å². The van der Waals surface area contributed by atoms with Gasteiger partial charge in [-0.05, 0) is 52.7 Å². The summed E-state index contributed by atoms with van der Waals surface area (Å²) >= 11 is 15.1. The van der Waals surface area contributed by atoms with E-state index in [1.165, 1.54) is 12.1 Å². The largest absolute Gasteiger partial charge is 0.397 e. The van der Waals surface area contributed by atoms with Crippen LogP contribution in [0.3, 0.4) is 0 Å². The quantitative estimate of drug-likeness (QED) is 0.735. The Morgan fingerprint density at radius 1 is 1.24 bits per heavy atom. The minimum absolute atomic E-state index is 0.0359. The standard InChI is InChI=1S/C13H11BrCl2N2O2S/c1-7-5-8(6-10(17)13(7)16)21(19,20)18-11-4-2-3-9(15)12(11)14/h2-6,18H,17H2,1H3. The first-order chi connectivity index (χ1) is 9.72. The van der Waals surface area contributed by atoms with Crippen molar-refractivity contribution in [2.75, 3.05) is 10.5 Å². The summed E-state index contributed by atoms with van der Waals surface area (Å²) in [7, 11) is -3.79. The molecule has 0 spiro atoms. The first-order valence-electron chi connectivity index (χ1n) is 5.75. The monoisotopic (exact) mass is 408 g/mol. The van der Waals surface area contributed by atoms with Crippen LogP contribution >= 0.6 is 39.1 Å². The van der Waals surface area contributed by atoms with Gasteiger partial charge in [-0.2, -0.15) is 0 Å². The maximum absolute atomic E-state index is 12.4. The fourth-order valence-corrected chi connectivity index (χ4v) is 3.67. The van der Waals surface area contributed by atoms with Crippen molar-refractivity contribution in [3.63, 3.8) is 0 Å². The van der Waals surface area contributed by atoms with Gasteiger partial charge in [0, 0.05) is 0 Å². The number of nitrogens with one attached hydrogen (secondary N) is 1. The molecule has 0 atom stereocenters. The van der Waals surface area contributed by atoms with E-state index in [0.717, 1.165) is 0 Å². The van der Waals surface area contributed by atoms with Crippen molar-refractivity contribution in [1.29, 1.82) is 0 Å². The van der Waals surface area contributed by atoms with Gasteiger partial charge in [-0.25, -0.2) is 8.42 Å². The maximum atomic E-state index is 12.4. The van der Waals surface area contributed by atoms with E-state index in [0.29, 0.717) is 25.8 Å². The lowest BCUT2D eigenvalue weighted by Crippen LogP contribution is -2.14. The second kappa shape index (κ2) is 6.04. The van der Waals surface area contributed by atoms with Crippen LogP contribution in [0.4, 0.5) is 11.4 Å². The third-order valence-electron chi connectivity index (χ3n) is 2.76. The van der Waals surface area contributed by atoms with Gasteiger partial charge >= 0.3 is 0 Å². The van der Waals surface area contributed by atoms with E-state index < -0.39 is 10.0 Å². The van der Waals surface area contributed by atoms with Gasteiger partial charge in [0.05, 0.1) is 30.8 Å². The fraction of sp³-hybridized carbons (Fsp3) is 0.0769. The molecule has 0 aromatic heterocycles.